The molecule has 3 nitrogen and oxygen atoms in total. The summed E-state index contributed by atoms with van der Waals surface area (Å²) in [7, 11) is 1.98. The number of carbonyl (C=O) groups is 1. The van der Waals surface area contributed by atoms with Gasteiger partial charge in [-0.3, -0.25) is 4.79 Å². The van der Waals surface area contributed by atoms with E-state index < -0.39 is 0 Å². The fourth-order valence-corrected chi connectivity index (χ4v) is 1.67. The first-order chi connectivity index (χ1) is 6.27. The molecular weight excluding hydrogens is 164 g/mol. The first-order valence-electron chi connectivity index (χ1n) is 4.84. The first-order valence-corrected chi connectivity index (χ1v) is 4.84. The molecule has 1 rings (SSSR count). The monoisotopic (exact) mass is 182 g/mol. The van der Waals surface area contributed by atoms with Gasteiger partial charge in [0.15, 0.2) is 0 Å². The molecule has 0 aliphatic carbocycles. The van der Waals surface area contributed by atoms with Gasteiger partial charge in [-0.05, 0) is 19.9 Å². The fraction of sp³-hybridized carbons (Fsp3) is 0.700. The van der Waals surface area contributed by atoms with E-state index in [1.54, 1.807) is 6.08 Å². The Morgan fingerprint density at radius 3 is 2.69 bits per heavy atom. The maximum Gasteiger partial charge on any atom is 0.226 e. The van der Waals surface area contributed by atoms with E-state index in [0.29, 0.717) is 12.5 Å². The third kappa shape index (κ3) is 2.84. The third-order valence-electron chi connectivity index (χ3n) is 2.57. The van der Waals surface area contributed by atoms with Gasteiger partial charge in [-0.2, -0.15) is 0 Å². The van der Waals surface area contributed by atoms with Gasteiger partial charge in [0.25, 0.3) is 0 Å². The van der Waals surface area contributed by atoms with Gasteiger partial charge in [-0.1, -0.05) is 6.08 Å². The molecular formula is C10H18N2O. The van der Waals surface area contributed by atoms with E-state index >= 15 is 0 Å². The molecule has 1 saturated heterocycles. The number of piperidine rings is 1. The van der Waals surface area contributed by atoms with Crippen molar-refractivity contribution in [2.45, 2.75) is 25.3 Å². The first kappa shape index (κ1) is 10.3. The van der Waals surface area contributed by atoms with Crippen LogP contribution in [0.4, 0.5) is 0 Å². The van der Waals surface area contributed by atoms with Crippen LogP contribution in [-0.4, -0.2) is 37.0 Å². The Morgan fingerprint density at radius 2 is 2.23 bits per heavy atom. The number of likely N-dealkylation sites (tertiary alicyclic amines) is 1. The highest BCUT2D eigenvalue weighted by atomic mass is 16.2. The molecule has 0 aromatic carbocycles. The zero-order valence-corrected chi connectivity index (χ0v) is 8.25. The van der Waals surface area contributed by atoms with Gasteiger partial charge in [0, 0.05) is 25.6 Å². The molecule has 13 heavy (non-hydrogen) atoms. The lowest BCUT2D eigenvalue weighted by Gasteiger charge is -2.31. The summed E-state index contributed by atoms with van der Waals surface area (Å²) in [6, 6.07) is 0.591. The van der Waals surface area contributed by atoms with Crippen molar-refractivity contribution in [2.24, 2.45) is 0 Å². The van der Waals surface area contributed by atoms with Crippen molar-refractivity contribution in [1.82, 2.24) is 10.2 Å². The number of amides is 1. The molecule has 1 amide bonds. The van der Waals surface area contributed by atoms with Crippen molar-refractivity contribution in [1.29, 1.82) is 0 Å². The van der Waals surface area contributed by atoms with Crippen LogP contribution in [0.25, 0.3) is 0 Å². The normalized spacial score (nSPS) is 18.7. The van der Waals surface area contributed by atoms with Crippen molar-refractivity contribution in [2.75, 3.05) is 20.1 Å². The maximum absolute atomic E-state index is 11.4. The summed E-state index contributed by atoms with van der Waals surface area (Å²) in [5, 5.41) is 3.24. The second-order valence-corrected chi connectivity index (χ2v) is 3.44. The molecule has 1 aliphatic rings. The van der Waals surface area contributed by atoms with Crippen LogP contribution >= 0.6 is 0 Å². The zero-order valence-electron chi connectivity index (χ0n) is 8.25. The molecule has 0 radical (unpaired) electrons. The topological polar surface area (TPSA) is 32.3 Å². The van der Waals surface area contributed by atoms with Gasteiger partial charge in [0.2, 0.25) is 5.91 Å². The van der Waals surface area contributed by atoms with Crippen molar-refractivity contribution in [3.8, 4) is 0 Å². The van der Waals surface area contributed by atoms with Gasteiger partial charge in [0.05, 0.1) is 0 Å². The third-order valence-corrected chi connectivity index (χ3v) is 2.57. The van der Waals surface area contributed by atoms with Crippen LogP contribution in [0.15, 0.2) is 12.7 Å². The molecule has 0 saturated carbocycles. The lowest BCUT2D eigenvalue weighted by atomic mass is 10.1. The Kier molecular flexibility index (Phi) is 3.96. The highest BCUT2D eigenvalue weighted by molar-refractivity contribution is 5.77. The predicted molar refractivity (Wildman–Crippen MR) is 53.5 cm³/mol. The van der Waals surface area contributed by atoms with Crippen molar-refractivity contribution >= 4 is 5.91 Å². The van der Waals surface area contributed by atoms with Gasteiger partial charge >= 0.3 is 0 Å². The number of hydrogen-bond acceptors (Lipinski definition) is 2. The van der Waals surface area contributed by atoms with E-state index in [2.05, 4.69) is 11.9 Å². The molecule has 1 N–H and O–H groups in total. The molecule has 3 heteroatoms. The van der Waals surface area contributed by atoms with Crippen molar-refractivity contribution in [3.63, 3.8) is 0 Å². The highest BCUT2D eigenvalue weighted by Gasteiger charge is 2.20. The Hall–Kier alpha value is -0.830. The van der Waals surface area contributed by atoms with Crippen LogP contribution in [-0.2, 0) is 4.79 Å². The number of nitrogens with one attached hydrogen (secondary N) is 1. The smallest absolute Gasteiger partial charge is 0.226 e. The molecule has 0 aromatic rings. The van der Waals surface area contributed by atoms with E-state index in [4.69, 9.17) is 0 Å². The summed E-state index contributed by atoms with van der Waals surface area (Å²) in [5.74, 6) is 0.213. The Labute approximate surface area is 79.8 Å². The van der Waals surface area contributed by atoms with Gasteiger partial charge in [0.1, 0.15) is 0 Å². The molecule has 74 valence electrons. The Bertz CT molecular complexity index is 183. The Balaban J connectivity index is 2.31. The van der Waals surface area contributed by atoms with Crippen LogP contribution in [0.3, 0.4) is 0 Å². The lowest BCUT2D eigenvalue weighted by Crippen LogP contribution is -2.43. The van der Waals surface area contributed by atoms with Crippen LogP contribution in [0, 0.1) is 0 Å². The number of nitrogens with zero attached hydrogens (tertiary/aromatic N) is 1. The summed E-state index contributed by atoms with van der Waals surface area (Å²) in [6.45, 7) is 5.34. The quantitative estimate of drug-likeness (QED) is 0.654. The SMILES string of the molecule is C=CCC(=O)N1CCC(NC)CC1. The second kappa shape index (κ2) is 5.02. The minimum Gasteiger partial charge on any atom is -0.342 e. The minimum absolute atomic E-state index is 0.213. The molecule has 1 heterocycles. The standard InChI is InChI=1S/C10H18N2O/c1-3-4-10(13)12-7-5-9(11-2)6-8-12/h3,9,11H,1,4-8H2,2H3. The largest absolute Gasteiger partial charge is 0.342 e. The lowest BCUT2D eigenvalue weighted by molar-refractivity contribution is -0.131. The fourth-order valence-electron chi connectivity index (χ4n) is 1.67. The van der Waals surface area contributed by atoms with Crippen LogP contribution < -0.4 is 5.32 Å². The Morgan fingerprint density at radius 1 is 1.62 bits per heavy atom. The summed E-state index contributed by atoms with van der Waals surface area (Å²) < 4.78 is 0. The van der Waals surface area contributed by atoms with Crippen LogP contribution in [0.5, 0.6) is 0 Å². The van der Waals surface area contributed by atoms with Crippen molar-refractivity contribution in [3.05, 3.63) is 12.7 Å². The van der Waals surface area contributed by atoms with E-state index in [-0.39, 0.29) is 5.91 Å². The number of rotatable bonds is 3. The summed E-state index contributed by atoms with van der Waals surface area (Å²) in [4.78, 5) is 13.4. The second-order valence-electron chi connectivity index (χ2n) is 3.44. The minimum atomic E-state index is 0.213. The number of carbonyl (C=O) groups excluding carboxylic acids is 1. The summed E-state index contributed by atoms with van der Waals surface area (Å²) in [5.41, 5.74) is 0. The molecule has 0 aromatic heterocycles. The maximum atomic E-state index is 11.4. The van der Waals surface area contributed by atoms with E-state index in [1.807, 2.05) is 11.9 Å². The predicted octanol–water partition coefficient (Wildman–Crippen LogP) is 0.773. The molecule has 0 unspecified atom stereocenters. The van der Waals surface area contributed by atoms with E-state index in [1.165, 1.54) is 0 Å². The number of hydrogen-bond donors (Lipinski definition) is 1. The van der Waals surface area contributed by atoms with E-state index in [0.717, 1.165) is 25.9 Å². The summed E-state index contributed by atoms with van der Waals surface area (Å²) >= 11 is 0. The molecule has 0 bridgehead atoms. The van der Waals surface area contributed by atoms with Crippen LogP contribution in [0.2, 0.25) is 0 Å². The van der Waals surface area contributed by atoms with Crippen LogP contribution in [0.1, 0.15) is 19.3 Å². The van der Waals surface area contributed by atoms with Gasteiger partial charge in [-0.25, -0.2) is 0 Å². The average molecular weight is 182 g/mol. The molecule has 1 fully saturated rings. The van der Waals surface area contributed by atoms with Gasteiger partial charge in [-0.15, -0.1) is 6.58 Å². The van der Waals surface area contributed by atoms with Gasteiger partial charge < -0.3 is 10.2 Å². The highest BCUT2D eigenvalue weighted by Crippen LogP contribution is 2.10. The molecule has 0 atom stereocenters. The van der Waals surface area contributed by atoms with E-state index in [9.17, 15) is 4.79 Å². The molecule has 0 spiro atoms. The van der Waals surface area contributed by atoms with Crippen molar-refractivity contribution < 1.29 is 4.79 Å². The summed E-state index contributed by atoms with van der Waals surface area (Å²) in [6.07, 6.45) is 4.29. The zero-order chi connectivity index (χ0) is 9.68. The average Bonchev–Trinajstić information content (AvgIpc) is 2.18. The molecule has 1 aliphatic heterocycles.